The molecule has 0 radical (unpaired) electrons. The summed E-state index contributed by atoms with van der Waals surface area (Å²) in [6, 6.07) is 8.38. The molecular weight excluding hydrogens is 261 g/mol. The molecule has 0 bridgehead atoms. The van der Waals surface area contributed by atoms with Crippen LogP contribution in [0.25, 0.3) is 0 Å². The third kappa shape index (κ3) is 4.45. The highest BCUT2D eigenvalue weighted by atomic mass is 79.9. The molecule has 1 rings (SSSR count). The van der Waals surface area contributed by atoms with E-state index in [2.05, 4.69) is 41.9 Å². The number of hydrogen-bond donors (Lipinski definition) is 1. The van der Waals surface area contributed by atoms with Crippen molar-refractivity contribution in [3.63, 3.8) is 0 Å². The van der Waals surface area contributed by atoms with Gasteiger partial charge in [0.1, 0.15) is 0 Å². The van der Waals surface area contributed by atoms with Crippen molar-refractivity contribution < 1.29 is 0 Å². The van der Waals surface area contributed by atoms with Crippen molar-refractivity contribution in [1.29, 1.82) is 0 Å². The Hall–Kier alpha value is -0.0500. The van der Waals surface area contributed by atoms with Crippen LogP contribution in [0.1, 0.15) is 31.9 Å². The van der Waals surface area contributed by atoms with Crippen LogP contribution in [-0.4, -0.2) is 0 Å². The summed E-state index contributed by atoms with van der Waals surface area (Å²) in [4.78, 5) is 0. The van der Waals surface area contributed by atoms with Gasteiger partial charge < -0.3 is 5.73 Å². The van der Waals surface area contributed by atoms with Crippen LogP contribution in [0.15, 0.2) is 28.7 Å². The van der Waals surface area contributed by atoms with Gasteiger partial charge in [-0.1, -0.05) is 41.9 Å². The minimum absolute atomic E-state index is 0. The molecule has 0 spiro atoms. The van der Waals surface area contributed by atoms with Crippen LogP contribution < -0.4 is 5.73 Å². The summed E-state index contributed by atoms with van der Waals surface area (Å²) in [5.41, 5.74) is 7.26. The SMILES string of the molecule is CC(C)C[C@H](N)c1cccc(Br)c1.Cl. The lowest BCUT2D eigenvalue weighted by Crippen LogP contribution is -2.12. The van der Waals surface area contributed by atoms with E-state index in [0.29, 0.717) is 5.92 Å². The average molecular weight is 279 g/mol. The predicted molar refractivity (Wildman–Crippen MR) is 67.8 cm³/mol. The molecule has 0 heterocycles. The summed E-state index contributed by atoms with van der Waals surface area (Å²) in [6.45, 7) is 4.38. The van der Waals surface area contributed by atoms with Gasteiger partial charge in [-0.25, -0.2) is 0 Å². The van der Waals surface area contributed by atoms with Gasteiger partial charge in [-0.2, -0.15) is 0 Å². The van der Waals surface area contributed by atoms with E-state index in [9.17, 15) is 0 Å². The third-order valence-corrected chi connectivity index (χ3v) is 2.50. The maximum atomic E-state index is 6.04. The molecule has 0 aliphatic rings. The highest BCUT2D eigenvalue weighted by Gasteiger charge is 2.07. The Morgan fingerprint density at radius 1 is 1.36 bits per heavy atom. The maximum absolute atomic E-state index is 6.04. The molecular formula is C11H17BrClN. The van der Waals surface area contributed by atoms with Gasteiger partial charge >= 0.3 is 0 Å². The molecule has 2 N–H and O–H groups in total. The van der Waals surface area contributed by atoms with Gasteiger partial charge in [0.2, 0.25) is 0 Å². The van der Waals surface area contributed by atoms with Crippen LogP contribution in [-0.2, 0) is 0 Å². The minimum Gasteiger partial charge on any atom is -0.324 e. The monoisotopic (exact) mass is 277 g/mol. The molecule has 0 aliphatic heterocycles. The molecule has 3 heteroatoms. The van der Waals surface area contributed by atoms with Gasteiger partial charge in [-0.05, 0) is 30.0 Å². The number of nitrogens with two attached hydrogens (primary N) is 1. The summed E-state index contributed by atoms with van der Waals surface area (Å²) in [5.74, 6) is 0.647. The molecule has 0 saturated heterocycles. The van der Waals surface area contributed by atoms with Crippen molar-refractivity contribution >= 4 is 28.3 Å². The van der Waals surface area contributed by atoms with Crippen LogP contribution in [0.4, 0.5) is 0 Å². The Labute approximate surface area is 101 Å². The Bertz CT molecular complexity index is 276. The molecule has 0 aliphatic carbocycles. The molecule has 1 aromatic rings. The van der Waals surface area contributed by atoms with E-state index >= 15 is 0 Å². The summed E-state index contributed by atoms with van der Waals surface area (Å²) < 4.78 is 1.10. The second-order valence-electron chi connectivity index (χ2n) is 3.79. The van der Waals surface area contributed by atoms with Crippen molar-refractivity contribution in [3.05, 3.63) is 34.3 Å². The predicted octanol–water partition coefficient (Wildman–Crippen LogP) is 3.92. The fourth-order valence-electron chi connectivity index (χ4n) is 1.38. The molecule has 0 aromatic heterocycles. The van der Waals surface area contributed by atoms with Gasteiger partial charge in [-0.15, -0.1) is 12.4 Å². The summed E-state index contributed by atoms with van der Waals surface area (Å²) in [5, 5.41) is 0. The number of rotatable bonds is 3. The Morgan fingerprint density at radius 3 is 2.50 bits per heavy atom. The molecule has 80 valence electrons. The van der Waals surface area contributed by atoms with E-state index in [1.807, 2.05) is 12.1 Å². The Morgan fingerprint density at radius 2 is 2.00 bits per heavy atom. The van der Waals surface area contributed by atoms with Crippen LogP contribution in [0.5, 0.6) is 0 Å². The van der Waals surface area contributed by atoms with Gasteiger partial charge in [0.15, 0.2) is 0 Å². The van der Waals surface area contributed by atoms with Crippen LogP contribution in [0, 0.1) is 5.92 Å². The smallest absolute Gasteiger partial charge is 0.0297 e. The van der Waals surface area contributed by atoms with E-state index in [1.54, 1.807) is 0 Å². The fourth-order valence-corrected chi connectivity index (χ4v) is 1.80. The van der Waals surface area contributed by atoms with E-state index in [0.717, 1.165) is 10.9 Å². The molecule has 1 aromatic carbocycles. The van der Waals surface area contributed by atoms with E-state index in [1.165, 1.54) is 5.56 Å². The zero-order chi connectivity index (χ0) is 9.84. The topological polar surface area (TPSA) is 26.0 Å². The molecule has 14 heavy (non-hydrogen) atoms. The van der Waals surface area contributed by atoms with Gasteiger partial charge in [-0.3, -0.25) is 0 Å². The number of hydrogen-bond acceptors (Lipinski definition) is 1. The van der Waals surface area contributed by atoms with Gasteiger partial charge in [0, 0.05) is 10.5 Å². The molecule has 0 amide bonds. The Balaban J connectivity index is 0.00000169. The zero-order valence-electron chi connectivity index (χ0n) is 8.53. The standard InChI is InChI=1S/C11H16BrN.ClH/c1-8(2)6-11(13)9-4-3-5-10(12)7-9;/h3-5,7-8,11H,6,13H2,1-2H3;1H/t11-;/m0./s1. The third-order valence-electron chi connectivity index (χ3n) is 2.00. The lowest BCUT2D eigenvalue weighted by molar-refractivity contribution is 0.510. The van der Waals surface area contributed by atoms with Crippen molar-refractivity contribution in [2.45, 2.75) is 26.3 Å². The first-order valence-electron chi connectivity index (χ1n) is 4.60. The molecule has 0 unspecified atom stereocenters. The van der Waals surface area contributed by atoms with E-state index < -0.39 is 0 Å². The van der Waals surface area contributed by atoms with Gasteiger partial charge in [0.25, 0.3) is 0 Å². The van der Waals surface area contributed by atoms with Crippen LogP contribution in [0.3, 0.4) is 0 Å². The average Bonchev–Trinajstić information content (AvgIpc) is 2.03. The highest BCUT2D eigenvalue weighted by molar-refractivity contribution is 9.10. The maximum Gasteiger partial charge on any atom is 0.0297 e. The van der Waals surface area contributed by atoms with E-state index in [4.69, 9.17) is 5.73 Å². The second kappa shape index (κ2) is 6.44. The van der Waals surface area contributed by atoms with Crippen LogP contribution >= 0.6 is 28.3 Å². The molecule has 1 nitrogen and oxygen atoms in total. The van der Waals surface area contributed by atoms with Gasteiger partial charge in [0.05, 0.1) is 0 Å². The zero-order valence-corrected chi connectivity index (χ0v) is 10.9. The number of benzene rings is 1. The second-order valence-corrected chi connectivity index (χ2v) is 4.71. The largest absolute Gasteiger partial charge is 0.324 e. The summed E-state index contributed by atoms with van der Waals surface area (Å²) in [7, 11) is 0. The van der Waals surface area contributed by atoms with Crippen LogP contribution in [0.2, 0.25) is 0 Å². The Kier molecular flexibility index (Phi) is 6.41. The van der Waals surface area contributed by atoms with Crippen molar-refractivity contribution in [3.8, 4) is 0 Å². The lowest BCUT2D eigenvalue weighted by atomic mass is 9.98. The first kappa shape index (κ1) is 13.9. The first-order chi connectivity index (χ1) is 6.09. The molecule has 1 atom stereocenters. The number of halogens is 2. The van der Waals surface area contributed by atoms with Crippen molar-refractivity contribution in [2.24, 2.45) is 11.7 Å². The minimum atomic E-state index is 0. The molecule has 0 fully saturated rings. The normalized spacial score (nSPS) is 12.4. The molecule has 0 saturated carbocycles. The van der Waals surface area contributed by atoms with Crippen molar-refractivity contribution in [1.82, 2.24) is 0 Å². The fraction of sp³-hybridized carbons (Fsp3) is 0.455. The summed E-state index contributed by atoms with van der Waals surface area (Å²) >= 11 is 3.44. The summed E-state index contributed by atoms with van der Waals surface area (Å²) in [6.07, 6.45) is 1.04. The van der Waals surface area contributed by atoms with E-state index in [-0.39, 0.29) is 18.4 Å². The van der Waals surface area contributed by atoms with Crippen molar-refractivity contribution in [2.75, 3.05) is 0 Å². The first-order valence-corrected chi connectivity index (χ1v) is 5.40. The highest BCUT2D eigenvalue weighted by Crippen LogP contribution is 2.21. The lowest BCUT2D eigenvalue weighted by Gasteiger charge is -2.14. The quantitative estimate of drug-likeness (QED) is 0.891.